The van der Waals surface area contributed by atoms with Gasteiger partial charge < -0.3 is 9.73 Å². The summed E-state index contributed by atoms with van der Waals surface area (Å²) in [7, 11) is 0. The molecule has 2 rings (SSSR count). The molecule has 0 amide bonds. The van der Waals surface area contributed by atoms with Crippen LogP contribution in [-0.2, 0) is 6.42 Å². The first-order valence-corrected chi connectivity index (χ1v) is 7.49. The van der Waals surface area contributed by atoms with Gasteiger partial charge in [0.25, 0.3) is 0 Å². The lowest BCUT2D eigenvalue weighted by Gasteiger charge is -2.35. The van der Waals surface area contributed by atoms with E-state index in [2.05, 4.69) is 52.9 Å². The van der Waals surface area contributed by atoms with E-state index >= 15 is 0 Å². The molecule has 19 heavy (non-hydrogen) atoms. The number of rotatable bonds is 3. The molecule has 2 heteroatoms. The van der Waals surface area contributed by atoms with Crippen LogP contribution >= 0.6 is 0 Å². The van der Waals surface area contributed by atoms with Crippen LogP contribution in [0.5, 0.6) is 0 Å². The van der Waals surface area contributed by atoms with Crippen LogP contribution in [0.3, 0.4) is 0 Å². The van der Waals surface area contributed by atoms with E-state index in [-0.39, 0.29) is 0 Å². The Kier molecular flexibility index (Phi) is 3.83. The lowest BCUT2D eigenvalue weighted by atomic mass is 9.74. The molecule has 0 aliphatic heterocycles. The summed E-state index contributed by atoms with van der Waals surface area (Å²) in [4.78, 5) is 0. The number of hydrogen-bond donors (Lipinski definition) is 1. The molecule has 2 nitrogen and oxygen atoms in total. The van der Waals surface area contributed by atoms with Crippen LogP contribution in [0, 0.1) is 17.8 Å². The fourth-order valence-electron chi connectivity index (χ4n) is 2.99. The van der Waals surface area contributed by atoms with E-state index < -0.39 is 0 Å². The quantitative estimate of drug-likeness (QED) is 0.860. The van der Waals surface area contributed by atoms with Crippen molar-refractivity contribution in [2.24, 2.45) is 10.8 Å². The Labute approximate surface area is 118 Å². The minimum Gasteiger partial charge on any atom is -0.466 e. The summed E-state index contributed by atoms with van der Waals surface area (Å²) in [6.45, 7) is 14.7. The van der Waals surface area contributed by atoms with E-state index in [0.29, 0.717) is 16.9 Å². The lowest BCUT2D eigenvalue weighted by Crippen LogP contribution is -2.34. The van der Waals surface area contributed by atoms with Crippen LogP contribution in [-0.4, -0.2) is 6.54 Å². The summed E-state index contributed by atoms with van der Waals surface area (Å²) < 4.78 is 5.88. The molecule has 0 saturated carbocycles. The molecule has 1 atom stereocenters. The summed E-state index contributed by atoms with van der Waals surface area (Å²) in [6, 6.07) is 2.68. The fraction of sp³-hybridized carbons (Fsp3) is 0.765. The molecule has 0 aromatic carbocycles. The number of furan rings is 1. The highest BCUT2D eigenvalue weighted by Gasteiger charge is 2.34. The molecule has 1 aromatic rings. The Morgan fingerprint density at radius 3 is 2.68 bits per heavy atom. The maximum absolute atomic E-state index is 5.88. The molecule has 0 bridgehead atoms. The van der Waals surface area contributed by atoms with Gasteiger partial charge in [-0.2, -0.15) is 0 Å². The molecular formula is C17H29NO. The van der Waals surface area contributed by atoms with Crippen molar-refractivity contribution in [2.45, 2.75) is 66.8 Å². The molecule has 0 radical (unpaired) electrons. The van der Waals surface area contributed by atoms with Gasteiger partial charge in [0.2, 0.25) is 0 Å². The third-order valence-corrected chi connectivity index (χ3v) is 4.00. The van der Waals surface area contributed by atoms with E-state index in [4.69, 9.17) is 4.42 Å². The SMILES string of the molecule is Cc1cc2c(o1)CC(C)(C)CC2NCCC(C)(C)C. The number of fused-ring (bicyclic) bond motifs is 1. The molecule has 108 valence electrons. The van der Waals surface area contributed by atoms with Gasteiger partial charge in [0.05, 0.1) is 0 Å². The van der Waals surface area contributed by atoms with Gasteiger partial charge in [0, 0.05) is 18.0 Å². The third kappa shape index (κ3) is 3.85. The summed E-state index contributed by atoms with van der Waals surface area (Å²) in [6.07, 6.45) is 3.47. The van der Waals surface area contributed by atoms with Crippen molar-refractivity contribution in [3.63, 3.8) is 0 Å². The Balaban J connectivity index is 2.07. The van der Waals surface area contributed by atoms with Crippen LogP contribution in [0.2, 0.25) is 0 Å². The first kappa shape index (κ1) is 14.6. The molecular weight excluding hydrogens is 234 g/mol. The average Bonchev–Trinajstić information content (AvgIpc) is 2.54. The van der Waals surface area contributed by atoms with Gasteiger partial charge in [-0.3, -0.25) is 0 Å². The first-order valence-electron chi connectivity index (χ1n) is 7.49. The molecule has 1 aliphatic carbocycles. The lowest BCUT2D eigenvalue weighted by molar-refractivity contribution is 0.229. The predicted molar refractivity (Wildman–Crippen MR) is 80.4 cm³/mol. The molecule has 1 unspecified atom stereocenters. The second-order valence-corrected chi connectivity index (χ2v) is 8.10. The van der Waals surface area contributed by atoms with Crippen LogP contribution in [0.4, 0.5) is 0 Å². The van der Waals surface area contributed by atoms with Gasteiger partial charge in [-0.1, -0.05) is 34.6 Å². The van der Waals surface area contributed by atoms with Gasteiger partial charge in [-0.15, -0.1) is 0 Å². The smallest absolute Gasteiger partial charge is 0.109 e. The standard InChI is InChI=1S/C17H29NO/c1-12-9-13-14(18-8-7-16(2,3)4)10-17(5,6)11-15(13)19-12/h9,14,18H,7-8,10-11H2,1-6H3. The highest BCUT2D eigenvalue weighted by atomic mass is 16.3. The summed E-state index contributed by atoms with van der Waals surface area (Å²) in [5.74, 6) is 2.24. The van der Waals surface area contributed by atoms with Gasteiger partial charge in [0.15, 0.2) is 0 Å². The molecule has 0 spiro atoms. The van der Waals surface area contributed by atoms with Gasteiger partial charge >= 0.3 is 0 Å². The molecule has 1 aliphatic rings. The molecule has 1 N–H and O–H groups in total. The highest BCUT2D eigenvalue weighted by molar-refractivity contribution is 5.29. The van der Waals surface area contributed by atoms with Crippen molar-refractivity contribution in [1.29, 1.82) is 0 Å². The third-order valence-electron chi connectivity index (χ3n) is 4.00. The van der Waals surface area contributed by atoms with Crippen molar-refractivity contribution in [3.8, 4) is 0 Å². The van der Waals surface area contributed by atoms with Crippen molar-refractivity contribution >= 4 is 0 Å². The number of hydrogen-bond acceptors (Lipinski definition) is 2. The van der Waals surface area contributed by atoms with Gasteiger partial charge in [-0.05, 0) is 43.2 Å². The molecule has 0 saturated heterocycles. The predicted octanol–water partition coefficient (Wildman–Crippen LogP) is 4.63. The maximum Gasteiger partial charge on any atom is 0.109 e. The zero-order chi connectivity index (χ0) is 14.3. The number of aryl methyl sites for hydroxylation is 1. The summed E-state index contributed by atoms with van der Waals surface area (Å²) in [5, 5.41) is 3.74. The van der Waals surface area contributed by atoms with Crippen LogP contribution < -0.4 is 5.32 Å². The molecule has 1 heterocycles. The zero-order valence-electron chi connectivity index (χ0n) is 13.4. The Hall–Kier alpha value is -0.760. The van der Waals surface area contributed by atoms with Crippen LogP contribution in [0.1, 0.15) is 70.6 Å². The summed E-state index contributed by atoms with van der Waals surface area (Å²) >= 11 is 0. The van der Waals surface area contributed by atoms with E-state index in [0.717, 1.165) is 18.7 Å². The molecule has 0 fully saturated rings. The van der Waals surface area contributed by atoms with Crippen molar-refractivity contribution in [2.75, 3.05) is 6.54 Å². The van der Waals surface area contributed by atoms with Gasteiger partial charge in [0.1, 0.15) is 11.5 Å². The van der Waals surface area contributed by atoms with Gasteiger partial charge in [-0.25, -0.2) is 0 Å². The minimum absolute atomic E-state index is 0.330. The zero-order valence-corrected chi connectivity index (χ0v) is 13.4. The van der Waals surface area contributed by atoms with E-state index in [1.807, 2.05) is 0 Å². The van der Waals surface area contributed by atoms with Crippen LogP contribution in [0.15, 0.2) is 10.5 Å². The average molecular weight is 263 g/mol. The Bertz CT molecular complexity index is 437. The Morgan fingerprint density at radius 2 is 2.05 bits per heavy atom. The van der Waals surface area contributed by atoms with E-state index in [1.54, 1.807) is 0 Å². The maximum atomic E-state index is 5.88. The second-order valence-electron chi connectivity index (χ2n) is 8.10. The minimum atomic E-state index is 0.330. The largest absolute Gasteiger partial charge is 0.466 e. The topological polar surface area (TPSA) is 25.2 Å². The first-order chi connectivity index (χ1) is 8.66. The second kappa shape index (κ2) is 4.97. The Morgan fingerprint density at radius 1 is 1.37 bits per heavy atom. The normalized spacial score (nSPS) is 22.3. The summed E-state index contributed by atoms with van der Waals surface area (Å²) in [5.41, 5.74) is 2.12. The number of nitrogens with one attached hydrogen (secondary N) is 1. The van der Waals surface area contributed by atoms with E-state index in [9.17, 15) is 0 Å². The van der Waals surface area contributed by atoms with Crippen molar-refractivity contribution in [1.82, 2.24) is 5.32 Å². The van der Waals surface area contributed by atoms with E-state index in [1.165, 1.54) is 24.2 Å². The molecule has 1 aromatic heterocycles. The monoisotopic (exact) mass is 263 g/mol. The fourth-order valence-corrected chi connectivity index (χ4v) is 2.99. The van der Waals surface area contributed by atoms with Crippen molar-refractivity contribution in [3.05, 3.63) is 23.2 Å². The highest BCUT2D eigenvalue weighted by Crippen LogP contribution is 2.42. The van der Waals surface area contributed by atoms with Crippen molar-refractivity contribution < 1.29 is 4.42 Å². The van der Waals surface area contributed by atoms with Crippen LogP contribution in [0.25, 0.3) is 0 Å².